The maximum Gasteiger partial charge on any atom is 0.137 e. The first-order valence-electron chi connectivity index (χ1n) is 50.1. The van der Waals surface area contributed by atoms with Crippen LogP contribution in [-0.2, 0) is 0 Å². The lowest BCUT2D eigenvalue weighted by Crippen LogP contribution is -1.98. The number of fused-ring (bicyclic) bond motifs is 27. The van der Waals surface area contributed by atoms with E-state index >= 15 is 0 Å². The number of rotatable bonds is 12. The molecule has 8 heterocycles. The van der Waals surface area contributed by atoms with Gasteiger partial charge in [-0.2, -0.15) is 0 Å². The van der Waals surface area contributed by atoms with Crippen molar-refractivity contribution in [3.05, 3.63) is 540 Å². The molecule has 0 unspecified atom stereocenters. The van der Waals surface area contributed by atoms with E-state index in [1.54, 1.807) is 0 Å². The Labute approximate surface area is 840 Å². The van der Waals surface area contributed by atoms with Gasteiger partial charge in [-0.05, 0) is 232 Å². The lowest BCUT2D eigenvalue weighted by atomic mass is 9.99. The van der Waals surface area contributed by atoms with E-state index in [-0.39, 0.29) is 0 Å². The van der Waals surface area contributed by atoms with E-state index in [9.17, 15) is 0 Å². The zero-order chi connectivity index (χ0) is 96.0. The first kappa shape index (κ1) is 83.4. The molecule has 0 amide bonds. The number of para-hydroxylation sites is 9. The number of aromatic nitrogens is 7. The minimum atomic E-state index is 0.892. The summed E-state index contributed by atoms with van der Waals surface area (Å²) in [6.07, 6.45) is 0. The SMILES string of the molecule is c1ccc(-c2ccc(-n3c4cc(-c5ccccc5)ccc4c4c5c6ccccc6n(-c6ccccc6)c5ccc43)cc2)cc1.c1ccc(-c2ccc(-n3c4ccccc4c4ccc5c6ccccc6n(-c6ccc7c(c6)oc6ccccc67)c5c43)cc2)cc1.c1ccc(-c2cccc(-n3c4ccccc4c4c5c6cc(-c7ccc8c(c7)c7ccccc7n8-c7ccccc7)ccc6n(-c6ccccc6)c5ccc43)c2)cc1. The van der Waals surface area contributed by atoms with Gasteiger partial charge in [-0.25, -0.2) is 0 Å². The van der Waals surface area contributed by atoms with Gasteiger partial charge in [-0.3, -0.25) is 0 Å². The fourth-order valence-electron chi connectivity index (χ4n) is 23.6. The number of benzene rings is 23. The normalized spacial score (nSPS) is 11.8. The molecule has 0 fully saturated rings. The highest BCUT2D eigenvalue weighted by atomic mass is 16.3. The smallest absolute Gasteiger partial charge is 0.137 e. The maximum atomic E-state index is 6.37. The Morgan fingerprint density at radius 1 is 0.110 bits per heavy atom. The molecule has 0 spiro atoms. The quantitative estimate of drug-likeness (QED) is 0.120. The fraction of sp³-hybridized carbons (Fsp3) is 0. The van der Waals surface area contributed by atoms with Gasteiger partial charge in [0.2, 0.25) is 0 Å². The monoisotopic (exact) mass is 1860 g/mol. The van der Waals surface area contributed by atoms with Gasteiger partial charge >= 0.3 is 0 Å². The second kappa shape index (κ2) is 34.2. The van der Waals surface area contributed by atoms with Crippen LogP contribution in [0.5, 0.6) is 0 Å². The van der Waals surface area contributed by atoms with Crippen molar-refractivity contribution in [1.82, 2.24) is 32.0 Å². The second-order valence-electron chi connectivity index (χ2n) is 38.1. The summed E-state index contributed by atoms with van der Waals surface area (Å²) in [5, 5.41) is 19.8. The van der Waals surface area contributed by atoms with E-state index in [2.05, 4.69) is 560 Å². The largest absolute Gasteiger partial charge is 0.456 e. The Morgan fingerprint density at radius 2 is 0.356 bits per heavy atom. The van der Waals surface area contributed by atoms with Gasteiger partial charge in [0.1, 0.15) is 11.2 Å². The predicted molar refractivity (Wildman–Crippen MR) is 614 cm³/mol. The Kier molecular flexibility index (Phi) is 19.5. The molecule has 146 heavy (non-hydrogen) atoms. The summed E-state index contributed by atoms with van der Waals surface area (Å²) >= 11 is 0. The first-order chi connectivity index (χ1) is 72.5. The second-order valence-corrected chi connectivity index (χ2v) is 38.1. The van der Waals surface area contributed by atoms with Gasteiger partial charge in [-0.15, -0.1) is 0 Å². The Bertz CT molecular complexity index is 10600. The van der Waals surface area contributed by atoms with E-state index in [0.717, 1.165) is 50.4 Å². The van der Waals surface area contributed by atoms with Crippen molar-refractivity contribution in [2.45, 2.75) is 0 Å². The van der Waals surface area contributed by atoms with E-state index in [0.29, 0.717) is 0 Å². The van der Waals surface area contributed by atoms with E-state index in [1.807, 2.05) is 12.1 Å². The average molecular weight is 1860 g/mol. The van der Waals surface area contributed by atoms with Crippen molar-refractivity contribution in [2.75, 3.05) is 0 Å². The highest BCUT2D eigenvalue weighted by Gasteiger charge is 2.28. The number of hydrogen-bond donors (Lipinski definition) is 0. The standard InChI is InChI=1S/C54H35N3.C42H26N2O.C42H28N2/c1-4-15-36(16-5-1)37-17-14-22-42(33-37)57-48-26-13-11-24-44(48)53-51(57)31-32-52-54(53)46-35-39(28-30-50(46)56(52)41-20-8-3-9-21-41)38-27-29-49-45(34-38)43-23-10-12-25-47(43)55(49)40-18-6-2-7-19-40;1-2-10-27(11-3-1)28-18-20-29(21-19-28)43-37-15-7-4-12-31(37)35-24-25-36-32-13-5-8-16-38(32)44(42(36)41(35)43)30-22-23-34-33-14-6-9-17-39(33)45-40(34)26-30;1-4-12-29(13-5-1)31-20-23-34(24-21-31)44-39-27-26-38-41(35-18-10-11-19-37(35)43(38)33-16-8-3-9-17-33)42(39)36-25-22-32(28-40(36)44)30-14-6-2-7-15-30/h1-35H;1-26H;1-28H. The van der Waals surface area contributed by atoms with E-state index in [1.165, 1.54) is 220 Å². The number of furan rings is 1. The number of nitrogens with zero attached hydrogens (tertiary/aromatic N) is 7. The van der Waals surface area contributed by atoms with Crippen molar-refractivity contribution in [2.24, 2.45) is 0 Å². The van der Waals surface area contributed by atoms with Crippen LogP contribution in [0, 0.1) is 0 Å². The highest BCUT2D eigenvalue weighted by Crippen LogP contribution is 2.50. The lowest BCUT2D eigenvalue weighted by Gasteiger charge is -2.13. The fourth-order valence-corrected chi connectivity index (χ4v) is 23.6. The van der Waals surface area contributed by atoms with Crippen molar-refractivity contribution in [3.63, 3.8) is 0 Å². The van der Waals surface area contributed by atoms with Gasteiger partial charge in [0.05, 0.1) is 82.9 Å². The van der Waals surface area contributed by atoms with Crippen molar-refractivity contribution in [3.8, 4) is 95.4 Å². The third-order valence-electron chi connectivity index (χ3n) is 30.1. The van der Waals surface area contributed by atoms with E-state index < -0.39 is 0 Å². The minimum Gasteiger partial charge on any atom is -0.456 e. The molecule has 31 rings (SSSR count). The third-order valence-corrected chi connectivity index (χ3v) is 30.1. The molecule has 0 aliphatic heterocycles. The van der Waals surface area contributed by atoms with Gasteiger partial charge in [0, 0.05) is 126 Å². The topological polar surface area (TPSA) is 47.6 Å². The zero-order valence-corrected chi connectivity index (χ0v) is 79.4. The van der Waals surface area contributed by atoms with Crippen LogP contribution in [0.25, 0.3) is 270 Å². The lowest BCUT2D eigenvalue weighted by molar-refractivity contribution is 0.668. The summed E-state index contributed by atoms with van der Waals surface area (Å²) in [5.74, 6) is 0. The summed E-state index contributed by atoms with van der Waals surface area (Å²) in [7, 11) is 0. The van der Waals surface area contributed by atoms with Gasteiger partial charge < -0.3 is 36.4 Å². The Morgan fingerprint density at radius 3 is 0.836 bits per heavy atom. The van der Waals surface area contributed by atoms with Gasteiger partial charge in [-0.1, -0.05) is 358 Å². The van der Waals surface area contributed by atoms with E-state index in [4.69, 9.17) is 4.42 Å². The number of hydrogen-bond acceptors (Lipinski definition) is 1. The molecule has 8 heteroatoms. The Hall–Kier alpha value is -19.5. The molecule has 0 bridgehead atoms. The van der Waals surface area contributed by atoms with Gasteiger partial charge in [0.25, 0.3) is 0 Å². The molecule has 8 nitrogen and oxygen atoms in total. The van der Waals surface area contributed by atoms with Crippen LogP contribution in [0.1, 0.15) is 0 Å². The third kappa shape index (κ3) is 13.5. The molecule has 682 valence electrons. The summed E-state index contributed by atoms with van der Waals surface area (Å²) in [5.41, 5.74) is 38.7. The molecule has 0 saturated heterocycles. The highest BCUT2D eigenvalue weighted by molar-refractivity contribution is 6.32. The predicted octanol–water partition coefficient (Wildman–Crippen LogP) is 37.0. The van der Waals surface area contributed by atoms with Crippen molar-refractivity contribution >= 4 is 175 Å². The molecule has 0 atom stereocenters. The molecule has 0 aliphatic rings. The van der Waals surface area contributed by atoms with Crippen LogP contribution in [-0.4, -0.2) is 32.0 Å². The molecule has 31 aromatic rings. The first-order valence-corrected chi connectivity index (χ1v) is 50.1. The molecule has 0 saturated carbocycles. The van der Waals surface area contributed by atoms with Crippen LogP contribution in [0.4, 0.5) is 0 Å². The zero-order valence-electron chi connectivity index (χ0n) is 79.4. The maximum absolute atomic E-state index is 6.37. The van der Waals surface area contributed by atoms with Crippen molar-refractivity contribution in [1.29, 1.82) is 0 Å². The summed E-state index contributed by atoms with van der Waals surface area (Å²) in [4.78, 5) is 0. The van der Waals surface area contributed by atoms with Gasteiger partial charge in [0.15, 0.2) is 0 Å². The van der Waals surface area contributed by atoms with Crippen LogP contribution in [0.3, 0.4) is 0 Å². The Balaban J connectivity index is 0.000000105. The molecule has 0 radical (unpaired) electrons. The summed E-state index contributed by atoms with van der Waals surface area (Å²) < 4.78 is 23.4. The van der Waals surface area contributed by atoms with Crippen LogP contribution >= 0.6 is 0 Å². The summed E-state index contributed by atoms with van der Waals surface area (Å²) in [6, 6.07) is 195. The van der Waals surface area contributed by atoms with Crippen LogP contribution in [0.15, 0.2) is 544 Å². The molecule has 8 aromatic heterocycles. The average Bonchev–Trinajstić information content (AvgIpc) is 1.55. The molecule has 0 aliphatic carbocycles. The molecule has 23 aromatic carbocycles. The minimum absolute atomic E-state index is 0.892. The molecular weight excluding hydrogens is 1770 g/mol. The molecular formula is C138H89N7O. The summed E-state index contributed by atoms with van der Waals surface area (Å²) in [6.45, 7) is 0. The van der Waals surface area contributed by atoms with Crippen LogP contribution in [0.2, 0.25) is 0 Å². The molecule has 0 N–H and O–H groups in total. The van der Waals surface area contributed by atoms with Crippen LogP contribution < -0.4 is 0 Å². The van der Waals surface area contributed by atoms with Crippen molar-refractivity contribution < 1.29 is 4.42 Å².